The number of carbonyl (C=O) groups is 1. The molecule has 0 unspecified atom stereocenters. The quantitative estimate of drug-likeness (QED) is 0.311. The van der Waals surface area contributed by atoms with Gasteiger partial charge in [0.2, 0.25) is 12.7 Å². The standard InChI is InChI=1S/C26H23N3O5S/c1-16(24(30)27-14-17-10-11-22-23(12-17)34-15-33-22)35-26-28-21-9-4-3-8-20(21)25(31)29(26)18-6-5-7-19(13-18)32-2/h3-13,16H,14-15H2,1-2H3,(H,27,30)/t16-/m1/s1. The average molecular weight is 490 g/mol. The lowest BCUT2D eigenvalue weighted by atomic mass is 10.2. The number of fused-ring (bicyclic) bond motifs is 2. The molecule has 9 heteroatoms. The zero-order chi connectivity index (χ0) is 24.4. The summed E-state index contributed by atoms with van der Waals surface area (Å²) in [5.41, 5.74) is 1.88. The molecule has 2 heterocycles. The van der Waals surface area contributed by atoms with Crippen molar-refractivity contribution in [2.75, 3.05) is 13.9 Å². The van der Waals surface area contributed by atoms with Gasteiger partial charge in [-0.25, -0.2) is 4.98 Å². The molecule has 0 saturated carbocycles. The Labute approximate surface area is 205 Å². The number of rotatable bonds is 7. The van der Waals surface area contributed by atoms with Crippen LogP contribution < -0.4 is 25.1 Å². The Balaban J connectivity index is 1.41. The van der Waals surface area contributed by atoms with Crippen LogP contribution >= 0.6 is 11.8 Å². The Kier molecular flexibility index (Phi) is 6.33. The summed E-state index contributed by atoms with van der Waals surface area (Å²) in [7, 11) is 1.57. The van der Waals surface area contributed by atoms with Crippen molar-refractivity contribution < 1.29 is 19.0 Å². The molecule has 178 valence electrons. The lowest BCUT2D eigenvalue weighted by molar-refractivity contribution is -0.120. The van der Waals surface area contributed by atoms with Gasteiger partial charge in [-0.3, -0.25) is 14.2 Å². The van der Waals surface area contributed by atoms with E-state index in [1.165, 1.54) is 16.3 Å². The van der Waals surface area contributed by atoms with E-state index in [9.17, 15) is 9.59 Å². The van der Waals surface area contributed by atoms with Crippen LogP contribution in [0.1, 0.15) is 12.5 Å². The number of hydrogen-bond donors (Lipinski definition) is 1. The molecule has 5 rings (SSSR count). The Morgan fingerprint density at radius 3 is 2.80 bits per heavy atom. The fourth-order valence-corrected chi connectivity index (χ4v) is 4.72. The Bertz CT molecular complexity index is 1470. The molecule has 1 aromatic heterocycles. The number of nitrogens with one attached hydrogen (secondary N) is 1. The molecule has 4 aromatic rings. The molecule has 0 saturated heterocycles. The second-order valence-electron chi connectivity index (χ2n) is 7.92. The van der Waals surface area contributed by atoms with E-state index < -0.39 is 5.25 Å². The molecule has 1 atom stereocenters. The summed E-state index contributed by atoms with van der Waals surface area (Å²) < 4.78 is 17.6. The van der Waals surface area contributed by atoms with Gasteiger partial charge in [-0.2, -0.15) is 0 Å². The van der Waals surface area contributed by atoms with Crippen LogP contribution in [-0.4, -0.2) is 34.6 Å². The molecule has 0 fully saturated rings. The fourth-order valence-electron chi connectivity index (χ4n) is 3.76. The van der Waals surface area contributed by atoms with Gasteiger partial charge < -0.3 is 19.5 Å². The minimum absolute atomic E-state index is 0.174. The van der Waals surface area contributed by atoms with E-state index >= 15 is 0 Å². The van der Waals surface area contributed by atoms with Gasteiger partial charge in [0.25, 0.3) is 5.56 Å². The Morgan fingerprint density at radius 1 is 1.11 bits per heavy atom. The van der Waals surface area contributed by atoms with Crippen molar-refractivity contribution in [3.63, 3.8) is 0 Å². The van der Waals surface area contributed by atoms with Gasteiger partial charge >= 0.3 is 0 Å². The zero-order valence-corrected chi connectivity index (χ0v) is 20.0. The number of ether oxygens (including phenoxy) is 3. The van der Waals surface area contributed by atoms with Crippen molar-refractivity contribution in [1.29, 1.82) is 0 Å². The molecule has 1 aliphatic heterocycles. The van der Waals surface area contributed by atoms with Gasteiger partial charge in [0, 0.05) is 12.6 Å². The first kappa shape index (κ1) is 22.8. The molecular weight excluding hydrogens is 466 g/mol. The molecule has 0 bridgehead atoms. The second-order valence-corrected chi connectivity index (χ2v) is 9.23. The zero-order valence-electron chi connectivity index (χ0n) is 19.2. The molecule has 1 N–H and O–H groups in total. The van der Waals surface area contributed by atoms with E-state index in [1.54, 1.807) is 38.3 Å². The molecule has 0 radical (unpaired) electrons. The second kappa shape index (κ2) is 9.71. The highest BCUT2D eigenvalue weighted by molar-refractivity contribution is 8.00. The highest BCUT2D eigenvalue weighted by Gasteiger charge is 2.21. The highest BCUT2D eigenvalue weighted by Crippen LogP contribution is 2.32. The molecular formula is C26H23N3O5S. The van der Waals surface area contributed by atoms with Crippen LogP contribution in [0.15, 0.2) is 76.7 Å². The third-order valence-corrected chi connectivity index (χ3v) is 6.66. The summed E-state index contributed by atoms with van der Waals surface area (Å²) >= 11 is 1.23. The van der Waals surface area contributed by atoms with Crippen molar-refractivity contribution in [2.45, 2.75) is 23.9 Å². The van der Waals surface area contributed by atoms with E-state index in [2.05, 4.69) is 5.32 Å². The third-order valence-electron chi connectivity index (χ3n) is 5.61. The minimum Gasteiger partial charge on any atom is -0.497 e. The van der Waals surface area contributed by atoms with E-state index in [1.807, 2.05) is 42.5 Å². The minimum atomic E-state index is -0.506. The van der Waals surface area contributed by atoms with Crippen LogP contribution in [0.25, 0.3) is 16.6 Å². The Hall–Kier alpha value is -3.98. The van der Waals surface area contributed by atoms with Gasteiger partial charge in [-0.05, 0) is 48.9 Å². The van der Waals surface area contributed by atoms with Gasteiger partial charge in [0.15, 0.2) is 16.7 Å². The number of aromatic nitrogens is 2. The van der Waals surface area contributed by atoms with E-state index in [-0.39, 0.29) is 18.3 Å². The van der Waals surface area contributed by atoms with Crippen LogP contribution in [0.4, 0.5) is 0 Å². The normalized spacial score (nSPS) is 13.0. The first-order valence-corrected chi connectivity index (χ1v) is 11.9. The summed E-state index contributed by atoms with van der Waals surface area (Å²) in [4.78, 5) is 31.1. The number of methoxy groups -OCH3 is 1. The topological polar surface area (TPSA) is 91.7 Å². The molecule has 0 spiro atoms. The lowest BCUT2D eigenvalue weighted by Crippen LogP contribution is -2.31. The number of para-hydroxylation sites is 1. The SMILES string of the molecule is COc1cccc(-n2c(S[C@H](C)C(=O)NCc3ccc4c(c3)OCO4)nc3ccccc3c2=O)c1. The maximum absolute atomic E-state index is 13.5. The maximum atomic E-state index is 13.5. The number of amides is 1. The van der Waals surface area contributed by atoms with Crippen molar-refractivity contribution in [3.8, 4) is 22.9 Å². The largest absolute Gasteiger partial charge is 0.497 e. The average Bonchev–Trinajstić information content (AvgIpc) is 3.35. The molecule has 0 aliphatic carbocycles. The third kappa shape index (κ3) is 4.67. The molecule has 3 aromatic carbocycles. The van der Waals surface area contributed by atoms with Crippen LogP contribution in [-0.2, 0) is 11.3 Å². The number of thioether (sulfide) groups is 1. The predicted octanol–water partition coefficient (Wildman–Crippen LogP) is 3.92. The van der Waals surface area contributed by atoms with Crippen LogP contribution in [0.2, 0.25) is 0 Å². The molecule has 8 nitrogen and oxygen atoms in total. The lowest BCUT2D eigenvalue weighted by Gasteiger charge is -2.17. The monoisotopic (exact) mass is 489 g/mol. The van der Waals surface area contributed by atoms with E-state index in [0.717, 1.165) is 5.56 Å². The van der Waals surface area contributed by atoms with E-state index in [0.29, 0.717) is 45.5 Å². The van der Waals surface area contributed by atoms with Gasteiger partial charge in [-0.15, -0.1) is 0 Å². The van der Waals surface area contributed by atoms with Crippen LogP contribution in [0, 0.1) is 0 Å². The summed E-state index contributed by atoms with van der Waals surface area (Å²) in [6.45, 7) is 2.33. The number of nitrogens with zero attached hydrogens (tertiary/aromatic N) is 2. The van der Waals surface area contributed by atoms with Crippen molar-refractivity contribution in [2.24, 2.45) is 0 Å². The van der Waals surface area contributed by atoms with Crippen molar-refractivity contribution in [3.05, 3.63) is 82.6 Å². The molecule has 1 amide bonds. The van der Waals surface area contributed by atoms with Gasteiger partial charge in [0.1, 0.15) is 5.75 Å². The van der Waals surface area contributed by atoms with Crippen molar-refractivity contribution >= 4 is 28.6 Å². The van der Waals surface area contributed by atoms with Crippen LogP contribution in [0.5, 0.6) is 17.2 Å². The number of carbonyl (C=O) groups excluding carboxylic acids is 1. The summed E-state index contributed by atoms with van der Waals surface area (Å²) in [5.74, 6) is 1.81. The smallest absolute Gasteiger partial charge is 0.266 e. The predicted molar refractivity (Wildman–Crippen MR) is 134 cm³/mol. The summed E-state index contributed by atoms with van der Waals surface area (Å²) in [6.07, 6.45) is 0. The van der Waals surface area contributed by atoms with Gasteiger partial charge in [0.05, 0.1) is 29.0 Å². The van der Waals surface area contributed by atoms with Crippen LogP contribution in [0.3, 0.4) is 0 Å². The molecule has 35 heavy (non-hydrogen) atoms. The van der Waals surface area contributed by atoms with E-state index in [4.69, 9.17) is 19.2 Å². The maximum Gasteiger partial charge on any atom is 0.266 e. The first-order chi connectivity index (χ1) is 17.0. The summed E-state index contributed by atoms with van der Waals surface area (Å²) in [6, 6.07) is 19.9. The summed E-state index contributed by atoms with van der Waals surface area (Å²) in [5, 5.41) is 3.37. The van der Waals surface area contributed by atoms with Gasteiger partial charge in [-0.1, -0.05) is 36.0 Å². The van der Waals surface area contributed by atoms with Crippen molar-refractivity contribution in [1.82, 2.24) is 14.9 Å². The molecule has 1 aliphatic rings. The first-order valence-electron chi connectivity index (χ1n) is 11.0. The number of hydrogen-bond acceptors (Lipinski definition) is 7. The fraction of sp³-hybridized carbons (Fsp3) is 0.192. The number of benzene rings is 3. The Morgan fingerprint density at radius 2 is 1.94 bits per heavy atom. The highest BCUT2D eigenvalue weighted by atomic mass is 32.2.